The minimum absolute atomic E-state index is 0.0166. The topological polar surface area (TPSA) is 109 Å². The largest absolute Gasteiger partial charge is 0.481 e. The van der Waals surface area contributed by atoms with Crippen molar-refractivity contribution in [2.75, 3.05) is 5.32 Å². The van der Waals surface area contributed by atoms with Gasteiger partial charge in [0.1, 0.15) is 5.82 Å². The highest BCUT2D eigenvalue weighted by Crippen LogP contribution is 2.24. The number of nitrogens with zero attached hydrogens (tertiary/aromatic N) is 3. The molecule has 0 spiro atoms. The molecule has 0 bridgehead atoms. The highest BCUT2D eigenvalue weighted by molar-refractivity contribution is 5.89. The van der Waals surface area contributed by atoms with Crippen LogP contribution in [0, 0.1) is 12.8 Å². The smallest absolute Gasteiger partial charge is 0.319 e. The number of anilines is 1. The first-order valence-electron chi connectivity index (χ1n) is 7.64. The normalized spacial score (nSPS) is 21.1. The average molecular weight is 317 g/mol. The number of hydrogen-bond donors (Lipinski definition) is 3. The Hall–Kier alpha value is -2.64. The number of aryl methyl sites for hydroxylation is 1. The van der Waals surface area contributed by atoms with E-state index in [1.54, 1.807) is 29.8 Å². The fourth-order valence-electron chi connectivity index (χ4n) is 2.91. The molecule has 0 aromatic carbocycles. The Kier molecular flexibility index (Phi) is 4.14. The number of carboxylic acids is 1. The highest BCUT2D eigenvalue weighted by Gasteiger charge is 2.26. The molecule has 0 saturated heterocycles. The van der Waals surface area contributed by atoms with Gasteiger partial charge in [-0.25, -0.2) is 14.3 Å². The lowest BCUT2D eigenvalue weighted by molar-refractivity contribution is -0.142. The fourth-order valence-corrected chi connectivity index (χ4v) is 2.91. The van der Waals surface area contributed by atoms with Crippen LogP contribution in [0.5, 0.6) is 0 Å². The van der Waals surface area contributed by atoms with E-state index in [4.69, 9.17) is 5.11 Å². The van der Waals surface area contributed by atoms with Crippen LogP contribution >= 0.6 is 0 Å². The Morgan fingerprint density at radius 1 is 1.26 bits per heavy atom. The van der Waals surface area contributed by atoms with Crippen LogP contribution in [0.15, 0.2) is 18.3 Å². The van der Waals surface area contributed by atoms with Gasteiger partial charge < -0.3 is 15.7 Å². The van der Waals surface area contributed by atoms with Crippen molar-refractivity contribution in [1.29, 1.82) is 0 Å². The van der Waals surface area contributed by atoms with Crippen LogP contribution in [-0.2, 0) is 4.79 Å². The SMILES string of the molecule is Cc1nc2ccc(NC(=O)NC3CCC(C(=O)O)CC3)cn2n1. The molecule has 3 rings (SSSR count). The van der Waals surface area contributed by atoms with Gasteiger partial charge in [-0.1, -0.05) is 0 Å². The number of carbonyl (C=O) groups is 2. The summed E-state index contributed by atoms with van der Waals surface area (Å²) in [7, 11) is 0. The van der Waals surface area contributed by atoms with Gasteiger partial charge in [-0.15, -0.1) is 0 Å². The van der Waals surface area contributed by atoms with E-state index in [2.05, 4.69) is 20.7 Å². The second kappa shape index (κ2) is 6.23. The van der Waals surface area contributed by atoms with Gasteiger partial charge in [-0.3, -0.25) is 4.79 Å². The van der Waals surface area contributed by atoms with Crippen molar-refractivity contribution in [2.24, 2.45) is 5.92 Å². The Bertz CT molecular complexity index is 734. The van der Waals surface area contributed by atoms with Gasteiger partial charge in [0.2, 0.25) is 0 Å². The first kappa shape index (κ1) is 15.3. The summed E-state index contributed by atoms with van der Waals surface area (Å²) in [5.74, 6) is -0.361. The first-order valence-corrected chi connectivity index (χ1v) is 7.64. The Balaban J connectivity index is 1.55. The molecule has 2 heterocycles. The first-order chi connectivity index (χ1) is 11.0. The molecule has 8 nitrogen and oxygen atoms in total. The summed E-state index contributed by atoms with van der Waals surface area (Å²) < 4.78 is 1.61. The number of aliphatic carboxylic acids is 1. The number of amides is 2. The van der Waals surface area contributed by atoms with E-state index in [9.17, 15) is 9.59 Å². The maximum Gasteiger partial charge on any atom is 0.319 e. The lowest BCUT2D eigenvalue weighted by Crippen LogP contribution is -2.41. The van der Waals surface area contributed by atoms with Crippen LogP contribution in [0.25, 0.3) is 5.65 Å². The molecule has 122 valence electrons. The van der Waals surface area contributed by atoms with Gasteiger partial charge in [-0.05, 0) is 44.7 Å². The number of carbonyl (C=O) groups excluding carboxylic acids is 1. The van der Waals surface area contributed by atoms with E-state index in [-0.39, 0.29) is 18.0 Å². The van der Waals surface area contributed by atoms with Gasteiger partial charge in [0.05, 0.1) is 17.8 Å². The second-order valence-corrected chi connectivity index (χ2v) is 5.86. The second-order valence-electron chi connectivity index (χ2n) is 5.86. The molecule has 2 aromatic heterocycles. The van der Waals surface area contributed by atoms with E-state index in [1.165, 1.54) is 0 Å². The minimum Gasteiger partial charge on any atom is -0.481 e. The van der Waals surface area contributed by atoms with Crippen molar-refractivity contribution in [2.45, 2.75) is 38.6 Å². The molecule has 23 heavy (non-hydrogen) atoms. The van der Waals surface area contributed by atoms with Crippen molar-refractivity contribution in [1.82, 2.24) is 19.9 Å². The van der Waals surface area contributed by atoms with E-state index in [1.807, 2.05) is 0 Å². The quantitative estimate of drug-likeness (QED) is 0.800. The number of pyridine rings is 1. The molecule has 1 aliphatic carbocycles. The molecular formula is C15H19N5O3. The maximum atomic E-state index is 12.1. The van der Waals surface area contributed by atoms with Crippen LogP contribution < -0.4 is 10.6 Å². The van der Waals surface area contributed by atoms with Gasteiger partial charge >= 0.3 is 12.0 Å². The van der Waals surface area contributed by atoms with E-state index < -0.39 is 5.97 Å². The number of nitrogens with one attached hydrogen (secondary N) is 2. The van der Waals surface area contributed by atoms with Crippen LogP contribution in [0.3, 0.4) is 0 Å². The summed E-state index contributed by atoms with van der Waals surface area (Å²) in [5, 5.41) is 18.8. The van der Waals surface area contributed by atoms with Gasteiger partial charge in [0, 0.05) is 6.04 Å². The number of carboxylic acid groups (broad SMARTS) is 1. The zero-order valence-corrected chi connectivity index (χ0v) is 12.8. The van der Waals surface area contributed by atoms with E-state index >= 15 is 0 Å². The Morgan fingerprint density at radius 3 is 2.70 bits per heavy atom. The molecular weight excluding hydrogens is 298 g/mol. The zero-order chi connectivity index (χ0) is 16.4. The third-order valence-electron chi connectivity index (χ3n) is 4.11. The van der Waals surface area contributed by atoms with Crippen LogP contribution in [0.4, 0.5) is 10.5 Å². The van der Waals surface area contributed by atoms with Crippen molar-refractivity contribution in [3.05, 3.63) is 24.2 Å². The summed E-state index contributed by atoms with van der Waals surface area (Å²) in [6, 6.07) is 3.28. The lowest BCUT2D eigenvalue weighted by atomic mass is 9.86. The summed E-state index contributed by atoms with van der Waals surface area (Å²) in [4.78, 5) is 27.2. The number of aromatic nitrogens is 3. The third kappa shape index (κ3) is 3.58. The molecule has 3 N–H and O–H groups in total. The summed E-state index contributed by atoms with van der Waals surface area (Å²) in [6.07, 6.45) is 4.28. The Labute approximate surface area is 132 Å². The number of fused-ring (bicyclic) bond motifs is 1. The maximum absolute atomic E-state index is 12.1. The van der Waals surface area contributed by atoms with Crippen LogP contribution in [0.1, 0.15) is 31.5 Å². The molecule has 0 radical (unpaired) electrons. The molecule has 0 unspecified atom stereocenters. The van der Waals surface area contributed by atoms with Crippen molar-refractivity contribution >= 4 is 23.3 Å². The molecule has 0 aliphatic heterocycles. The number of urea groups is 1. The van der Waals surface area contributed by atoms with Crippen molar-refractivity contribution in [3.63, 3.8) is 0 Å². The zero-order valence-electron chi connectivity index (χ0n) is 12.8. The average Bonchev–Trinajstić information content (AvgIpc) is 2.87. The summed E-state index contributed by atoms with van der Waals surface area (Å²) in [5.41, 5.74) is 1.35. The predicted octanol–water partition coefficient (Wildman–Crippen LogP) is 1.80. The van der Waals surface area contributed by atoms with Crippen molar-refractivity contribution < 1.29 is 14.7 Å². The van der Waals surface area contributed by atoms with E-state index in [0.29, 0.717) is 37.2 Å². The molecule has 8 heteroatoms. The third-order valence-corrected chi connectivity index (χ3v) is 4.11. The summed E-state index contributed by atoms with van der Waals surface area (Å²) >= 11 is 0. The van der Waals surface area contributed by atoms with Crippen molar-refractivity contribution in [3.8, 4) is 0 Å². The van der Waals surface area contributed by atoms with Crippen LogP contribution in [-0.4, -0.2) is 37.7 Å². The lowest BCUT2D eigenvalue weighted by Gasteiger charge is -2.26. The van der Waals surface area contributed by atoms with E-state index in [0.717, 1.165) is 5.65 Å². The van der Waals surface area contributed by atoms with Gasteiger partial charge in [0.15, 0.2) is 5.65 Å². The standard InChI is InChI=1S/C15H19N5O3/c1-9-16-13-7-6-12(8-20(13)19-9)18-15(23)17-11-4-2-10(3-5-11)14(21)22/h6-8,10-11H,2-5H2,1H3,(H,21,22)(H2,17,18,23). The minimum atomic E-state index is -0.746. The van der Waals surface area contributed by atoms with Crippen LogP contribution in [0.2, 0.25) is 0 Å². The molecule has 1 aliphatic rings. The molecule has 0 atom stereocenters. The molecule has 1 fully saturated rings. The molecule has 2 aromatic rings. The summed E-state index contributed by atoms with van der Waals surface area (Å²) in [6.45, 7) is 1.81. The predicted molar refractivity (Wildman–Crippen MR) is 83.3 cm³/mol. The highest BCUT2D eigenvalue weighted by atomic mass is 16.4. The fraction of sp³-hybridized carbons (Fsp3) is 0.467. The Morgan fingerprint density at radius 2 is 2.00 bits per heavy atom. The molecule has 2 amide bonds. The van der Waals surface area contributed by atoms with Gasteiger partial charge in [0.25, 0.3) is 0 Å². The van der Waals surface area contributed by atoms with Gasteiger partial charge in [-0.2, -0.15) is 5.10 Å². The number of rotatable bonds is 3. The number of hydrogen-bond acceptors (Lipinski definition) is 4. The monoisotopic (exact) mass is 317 g/mol. The molecule has 1 saturated carbocycles.